The summed E-state index contributed by atoms with van der Waals surface area (Å²) in [6, 6.07) is 5.56. The zero-order valence-electron chi connectivity index (χ0n) is 11.1. The van der Waals surface area contributed by atoms with E-state index in [2.05, 4.69) is 10.6 Å². The molecule has 106 valence electrons. The highest BCUT2D eigenvalue weighted by molar-refractivity contribution is 7.98. The van der Waals surface area contributed by atoms with Gasteiger partial charge in [-0.25, -0.2) is 9.18 Å². The van der Waals surface area contributed by atoms with Crippen molar-refractivity contribution in [1.29, 1.82) is 0 Å². The van der Waals surface area contributed by atoms with E-state index in [-0.39, 0.29) is 18.4 Å². The Morgan fingerprint density at radius 2 is 2.00 bits per heavy atom. The maximum Gasteiger partial charge on any atom is 0.315 e. The molecule has 6 heteroatoms. The number of carbonyl (C=O) groups excluding carboxylic acids is 1. The lowest BCUT2D eigenvalue weighted by molar-refractivity contribution is 0.0869. The van der Waals surface area contributed by atoms with Crippen LogP contribution in [0.5, 0.6) is 0 Å². The molecule has 0 fully saturated rings. The molecule has 0 bridgehead atoms. The van der Waals surface area contributed by atoms with Crippen molar-refractivity contribution in [2.24, 2.45) is 0 Å². The Hall–Kier alpha value is -1.27. The molecule has 1 aromatic carbocycles. The number of halogens is 1. The number of thioether (sulfide) groups is 1. The van der Waals surface area contributed by atoms with Crippen molar-refractivity contribution >= 4 is 17.8 Å². The summed E-state index contributed by atoms with van der Waals surface area (Å²) in [5.41, 5.74) is -0.112. The summed E-state index contributed by atoms with van der Waals surface area (Å²) in [6.45, 7) is 2.17. The Morgan fingerprint density at radius 1 is 1.37 bits per heavy atom. The minimum Gasteiger partial charge on any atom is -0.387 e. The van der Waals surface area contributed by atoms with Crippen molar-refractivity contribution in [3.8, 4) is 0 Å². The summed E-state index contributed by atoms with van der Waals surface area (Å²) in [6.07, 6.45) is 1.89. The van der Waals surface area contributed by atoms with E-state index in [0.717, 1.165) is 5.56 Å². The molecule has 0 radical (unpaired) electrons. The quantitative estimate of drug-likeness (QED) is 0.746. The predicted octanol–water partition coefficient (Wildman–Crippen LogP) is 1.74. The zero-order chi connectivity index (χ0) is 14.3. The summed E-state index contributed by atoms with van der Waals surface area (Å²) in [4.78, 5) is 11.5. The average Bonchev–Trinajstić information content (AvgIpc) is 2.36. The molecule has 2 amide bonds. The maximum absolute atomic E-state index is 12.7. The molecule has 0 aliphatic carbocycles. The zero-order valence-corrected chi connectivity index (χ0v) is 11.9. The van der Waals surface area contributed by atoms with Gasteiger partial charge in [-0.05, 0) is 30.9 Å². The maximum atomic E-state index is 12.7. The van der Waals surface area contributed by atoms with Gasteiger partial charge in [-0.2, -0.15) is 11.8 Å². The van der Waals surface area contributed by atoms with Crippen molar-refractivity contribution in [2.45, 2.75) is 19.1 Å². The number of hydrogen-bond acceptors (Lipinski definition) is 3. The number of benzene rings is 1. The van der Waals surface area contributed by atoms with Gasteiger partial charge in [0.1, 0.15) is 5.82 Å². The summed E-state index contributed by atoms with van der Waals surface area (Å²) < 4.78 is 12.7. The fraction of sp³-hybridized carbons (Fsp3) is 0.462. The average molecular weight is 286 g/mol. The lowest BCUT2D eigenvalue weighted by Gasteiger charge is -2.22. The molecule has 4 nitrogen and oxygen atoms in total. The van der Waals surface area contributed by atoms with Gasteiger partial charge in [0.15, 0.2) is 0 Å². The SMILES string of the molecule is CSC[C@](C)(O)CNC(=O)NCc1ccc(F)cc1. The van der Waals surface area contributed by atoms with Gasteiger partial charge in [-0.3, -0.25) is 0 Å². The second kappa shape index (κ2) is 7.35. The fourth-order valence-electron chi connectivity index (χ4n) is 1.48. The minimum absolute atomic E-state index is 0.184. The van der Waals surface area contributed by atoms with Crippen LogP contribution in [-0.4, -0.2) is 35.3 Å². The molecule has 0 aromatic heterocycles. The normalized spacial score (nSPS) is 13.7. The molecule has 0 saturated carbocycles. The molecule has 0 saturated heterocycles. The van der Waals surface area contributed by atoms with Gasteiger partial charge in [0.05, 0.1) is 5.60 Å². The van der Waals surface area contributed by atoms with E-state index in [1.165, 1.54) is 23.9 Å². The lowest BCUT2D eigenvalue weighted by Crippen LogP contribution is -2.45. The van der Waals surface area contributed by atoms with Crippen molar-refractivity contribution in [3.05, 3.63) is 35.6 Å². The van der Waals surface area contributed by atoms with Gasteiger partial charge in [-0.15, -0.1) is 0 Å². The Bertz CT molecular complexity index is 410. The van der Waals surface area contributed by atoms with Crippen LogP contribution in [0.2, 0.25) is 0 Å². The van der Waals surface area contributed by atoms with E-state index in [0.29, 0.717) is 12.3 Å². The third kappa shape index (κ3) is 6.45. The molecule has 0 aliphatic rings. The first kappa shape index (κ1) is 15.8. The molecule has 0 aliphatic heterocycles. The van der Waals surface area contributed by atoms with Gasteiger partial charge >= 0.3 is 6.03 Å². The van der Waals surface area contributed by atoms with Crippen LogP contribution in [0.4, 0.5) is 9.18 Å². The van der Waals surface area contributed by atoms with Gasteiger partial charge in [0, 0.05) is 18.8 Å². The highest BCUT2D eigenvalue weighted by Gasteiger charge is 2.20. The first-order valence-corrected chi connectivity index (χ1v) is 7.30. The Labute approximate surface area is 116 Å². The smallest absolute Gasteiger partial charge is 0.315 e. The van der Waals surface area contributed by atoms with E-state index in [9.17, 15) is 14.3 Å². The number of aliphatic hydroxyl groups is 1. The van der Waals surface area contributed by atoms with Gasteiger partial charge in [0.2, 0.25) is 0 Å². The molecular formula is C13H19FN2O2S. The van der Waals surface area contributed by atoms with Crippen LogP contribution in [0.3, 0.4) is 0 Å². The monoisotopic (exact) mass is 286 g/mol. The second-order valence-electron chi connectivity index (χ2n) is 4.59. The van der Waals surface area contributed by atoms with Crippen LogP contribution in [0.1, 0.15) is 12.5 Å². The van der Waals surface area contributed by atoms with E-state index < -0.39 is 5.60 Å². The van der Waals surface area contributed by atoms with Crippen LogP contribution < -0.4 is 10.6 Å². The van der Waals surface area contributed by atoms with Gasteiger partial charge in [-0.1, -0.05) is 12.1 Å². The van der Waals surface area contributed by atoms with Crippen LogP contribution in [0.15, 0.2) is 24.3 Å². The van der Waals surface area contributed by atoms with Crippen LogP contribution in [0, 0.1) is 5.82 Å². The molecule has 0 heterocycles. The molecule has 3 N–H and O–H groups in total. The third-order valence-corrected chi connectivity index (χ3v) is 3.36. The fourth-order valence-corrected chi connectivity index (χ4v) is 2.20. The Morgan fingerprint density at radius 3 is 2.58 bits per heavy atom. The third-order valence-electron chi connectivity index (χ3n) is 2.45. The minimum atomic E-state index is -0.924. The van der Waals surface area contributed by atoms with Crippen LogP contribution in [-0.2, 0) is 6.54 Å². The number of carbonyl (C=O) groups is 1. The van der Waals surface area contributed by atoms with E-state index in [1.54, 1.807) is 19.1 Å². The van der Waals surface area contributed by atoms with Crippen molar-refractivity contribution < 1.29 is 14.3 Å². The Kier molecular flexibility index (Phi) is 6.11. The molecule has 0 unspecified atom stereocenters. The van der Waals surface area contributed by atoms with E-state index in [1.807, 2.05) is 6.26 Å². The summed E-state index contributed by atoms with van der Waals surface area (Å²) in [7, 11) is 0. The molecule has 19 heavy (non-hydrogen) atoms. The second-order valence-corrected chi connectivity index (χ2v) is 5.46. The van der Waals surface area contributed by atoms with E-state index in [4.69, 9.17) is 0 Å². The molecule has 0 spiro atoms. The number of rotatable bonds is 6. The molecule has 1 atom stereocenters. The summed E-state index contributed by atoms with van der Waals surface area (Å²) in [5, 5.41) is 15.1. The standard InChI is InChI=1S/C13H19FN2O2S/c1-13(18,9-19-2)8-16-12(17)15-7-10-3-5-11(14)6-4-10/h3-6,18H,7-9H2,1-2H3,(H2,15,16,17)/t13-/m1/s1. The van der Waals surface area contributed by atoms with Crippen molar-refractivity contribution in [3.63, 3.8) is 0 Å². The first-order chi connectivity index (χ1) is 8.93. The number of urea groups is 1. The van der Waals surface area contributed by atoms with Crippen molar-refractivity contribution in [2.75, 3.05) is 18.6 Å². The number of amides is 2. The lowest BCUT2D eigenvalue weighted by atomic mass is 10.1. The number of hydrogen-bond donors (Lipinski definition) is 3. The van der Waals surface area contributed by atoms with Gasteiger partial charge < -0.3 is 15.7 Å². The Balaban J connectivity index is 2.30. The topological polar surface area (TPSA) is 61.4 Å². The van der Waals surface area contributed by atoms with Crippen LogP contribution in [0.25, 0.3) is 0 Å². The summed E-state index contributed by atoms with van der Waals surface area (Å²) in [5.74, 6) is 0.243. The van der Waals surface area contributed by atoms with Gasteiger partial charge in [0.25, 0.3) is 0 Å². The summed E-state index contributed by atoms with van der Waals surface area (Å²) >= 11 is 1.51. The molecule has 1 aromatic rings. The highest BCUT2D eigenvalue weighted by atomic mass is 32.2. The van der Waals surface area contributed by atoms with Crippen LogP contribution >= 0.6 is 11.8 Å². The largest absolute Gasteiger partial charge is 0.387 e. The number of nitrogens with one attached hydrogen (secondary N) is 2. The predicted molar refractivity (Wildman–Crippen MR) is 75.6 cm³/mol. The first-order valence-electron chi connectivity index (χ1n) is 5.90. The highest BCUT2D eigenvalue weighted by Crippen LogP contribution is 2.08. The van der Waals surface area contributed by atoms with Crippen molar-refractivity contribution in [1.82, 2.24) is 10.6 Å². The molecule has 1 rings (SSSR count). The van der Waals surface area contributed by atoms with E-state index >= 15 is 0 Å². The molecular weight excluding hydrogens is 267 g/mol.